The molecule has 0 unspecified atom stereocenters. The van der Waals surface area contributed by atoms with Gasteiger partial charge in [0, 0.05) is 31.2 Å². The molecule has 1 aliphatic heterocycles. The molecular weight excluding hydrogens is 321 g/mol. The molecule has 2 atom stereocenters. The van der Waals surface area contributed by atoms with E-state index in [0.29, 0.717) is 25.3 Å². The van der Waals surface area contributed by atoms with E-state index >= 15 is 0 Å². The molecule has 132 valence electrons. The Bertz CT molecular complexity index is 694. The smallest absolute Gasteiger partial charge is 0.228 e. The molecule has 0 saturated carbocycles. The first-order valence-corrected chi connectivity index (χ1v) is 8.57. The van der Waals surface area contributed by atoms with Gasteiger partial charge in [0.1, 0.15) is 5.82 Å². The summed E-state index contributed by atoms with van der Waals surface area (Å²) in [6.07, 6.45) is 6.43. The molecule has 0 N–H and O–H groups in total. The van der Waals surface area contributed by atoms with Gasteiger partial charge in [-0.3, -0.25) is 14.8 Å². The van der Waals surface area contributed by atoms with Crippen molar-refractivity contribution in [3.63, 3.8) is 0 Å². The number of amides is 1. The minimum atomic E-state index is -0.400. The maximum absolute atomic E-state index is 13.0. The van der Waals surface area contributed by atoms with Gasteiger partial charge < -0.3 is 9.64 Å². The highest BCUT2D eigenvalue weighted by atomic mass is 19.1. The molecule has 0 bridgehead atoms. The van der Waals surface area contributed by atoms with E-state index in [4.69, 9.17) is 4.74 Å². The number of carbonyl (C=O) groups is 1. The maximum Gasteiger partial charge on any atom is 0.228 e. The third-order valence-corrected chi connectivity index (χ3v) is 4.47. The van der Waals surface area contributed by atoms with Crippen molar-refractivity contribution in [2.24, 2.45) is 0 Å². The van der Waals surface area contributed by atoms with Crippen molar-refractivity contribution in [1.82, 2.24) is 14.9 Å². The van der Waals surface area contributed by atoms with E-state index in [-0.39, 0.29) is 24.5 Å². The normalized spacial score (nSPS) is 20.0. The molecule has 2 aromatic rings. The average molecular weight is 343 g/mol. The number of nitrogens with zero attached hydrogens (tertiary/aromatic N) is 3. The van der Waals surface area contributed by atoms with E-state index < -0.39 is 5.82 Å². The number of ether oxygens (including phenoxy) is 1. The van der Waals surface area contributed by atoms with Crippen LogP contribution in [0.15, 0.2) is 42.9 Å². The Labute approximate surface area is 146 Å². The van der Waals surface area contributed by atoms with Crippen LogP contribution in [-0.2, 0) is 22.4 Å². The summed E-state index contributed by atoms with van der Waals surface area (Å²) in [5.41, 5.74) is 1.66. The van der Waals surface area contributed by atoms with Crippen LogP contribution in [0.1, 0.15) is 24.6 Å². The van der Waals surface area contributed by atoms with Gasteiger partial charge in [0.05, 0.1) is 24.8 Å². The number of aromatic nitrogens is 2. The largest absolute Gasteiger partial charge is 0.376 e. The van der Waals surface area contributed by atoms with Crippen molar-refractivity contribution in [3.8, 4) is 0 Å². The van der Waals surface area contributed by atoms with E-state index in [9.17, 15) is 9.18 Å². The molecule has 0 aromatic carbocycles. The highest BCUT2D eigenvalue weighted by Crippen LogP contribution is 2.25. The van der Waals surface area contributed by atoms with Crippen LogP contribution in [0.5, 0.6) is 0 Å². The van der Waals surface area contributed by atoms with Crippen molar-refractivity contribution >= 4 is 5.91 Å². The third-order valence-electron chi connectivity index (χ3n) is 4.47. The predicted octanol–water partition coefficient (Wildman–Crippen LogP) is 2.41. The van der Waals surface area contributed by atoms with Crippen LogP contribution in [0, 0.1) is 5.82 Å². The molecule has 3 rings (SSSR count). The van der Waals surface area contributed by atoms with Crippen LogP contribution < -0.4 is 0 Å². The Morgan fingerprint density at radius 2 is 2.24 bits per heavy atom. The Kier molecular flexibility index (Phi) is 5.71. The van der Waals surface area contributed by atoms with Gasteiger partial charge in [0.15, 0.2) is 0 Å². The molecule has 0 radical (unpaired) electrons. The van der Waals surface area contributed by atoms with Gasteiger partial charge >= 0.3 is 0 Å². The molecule has 2 aromatic heterocycles. The Morgan fingerprint density at radius 1 is 1.36 bits per heavy atom. The monoisotopic (exact) mass is 343 g/mol. The maximum atomic E-state index is 13.0. The summed E-state index contributed by atoms with van der Waals surface area (Å²) in [6.45, 7) is 3.25. The Morgan fingerprint density at radius 3 is 2.92 bits per heavy atom. The van der Waals surface area contributed by atoms with Crippen molar-refractivity contribution in [3.05, 3.63) is 59.9 Å². The fourth-order valence-corrected chi connectivity index (χ4v) is 3.31. The predicted molar refractivity (Wildman–Crippen MR) is 91.4 cm³/mol. The number of likely N-dealkylation sites (tertiary alicyclic amines) is 1. The molecular formula is C19H22FN3O2. The van der Waals surface area contributed by atoms with Gasteiger partial charge in [0.2, 0.25) is 5.91 Å². The Balaban J connectivity index is 1.73. The minimum Gasteiger partial charge on any atom is -0.376 e. The summed E-state index contributed by atoms with van der Waals surface area (Å²) >= 11 is 0. The highest BCUT2D eigenvalue weighted by molar-refractivity contribution is 5.79. The first kappa shape index (κ1) is 17.5. The summed E-state index contributed by atoms with van der Waals surface area (Å²) in [5.74, 6) is -0.404. The van der Waals surface area contributed by atoms with Gasteiger partial charge in [-0.25, -0.2) is 4.39 Å². The first-order chi connectivity index (χ1) is 12.2. The van der Waals surface area contributed by atoms with E-state index in [1.54, 1.807) is 12.3 Å². The van der Waals surface area contributed by atoms with Crippen LogP contribution in [0.4, 0.5) is 4.39 Å². The second kappa shape index (κ2) is 8.16. The van der Waals surface area contributed by atoms with Gasteiger partial charge in [-0.05, 0) is 43.5 Å². The topological polar surface area (TPSA) is 55.3 Å². The molecule has 1 fully saturated rings. The quantitative estimate of drug-likeness (QED) is 0.808. The molecule has 25 heavy (non-hydrogen) atoms. The second-order valence-electron chi connectivity index (χ2n) is 6.15. The SMILES string of the molecule is CCO[C@H]1CCN(C(=O)Cc2ccc(F)cn2)[C@H]1Cc1cccnc1. The number of carbonyl (C=O) groups excluding carboxylic acids is 1. The summed E-state index contributed by atoms with van der Waals surface area (Å²) in [4.78, 5) is 22.8. The second-order valence-corrected chi connectivity index (χ2v) is 6.15. The minimum absolute atomic E-state index is 0.00444. The zero-order valence-corrected chi connectivity index (χ0v) is 14.3. The number of hydrogen-bond acceptors (Lipinski definition) is 4. The molecule has 3 heterocycles. The lowest BCUT2D eigenvalue weighted by atomic mass is 10.0. The number of halogens is 1. The molecule has 5 nitrogen and oxygen atoms in total. The third kappa shape index (κ3) is 4.39. The van der Waals surface area contributed by atoms with E-state index in [1.165, 1.54) is 6.07 Å². The molecule has 0 spiro atoms. The molecule has 6 heteroatoms. The fraction of sp³-hybridized carbons (Fsp3) is 0.421. The number of pyridine rings is 2. The zero-order chi connectivity index (χ0) is 17.6. The lowest BCUT2D eigenvalue weighted by molar-refractivity contribution is -0.132. The summed E-state index contributed by atoms with van der Waals surface area (Å²) < 4.78 is 18.8. The number of rotatable bonds is 6. The van der Waals surface area contributed by atoms with Crippen LogP contribution >= 0.6 is 0 Å². The molecule has 1 saturated heterocycles. The average Bonchev–Trinajstić information content (AvgIpc) is 3.01. The van der Waals surface area contributed by atoms with Gasteiger partial charge in [-0.15, -0.1) is 0 Å². The van der Waals surface area contributed by atoms with E-state index in [1.807, 2.05) is 30.2 Å². The molecule has 1 amide bonds. The van der Waals surface area contributed by atoms with Crippen molar-refractivity contribution in [2.75, 3.05) is 13.2 Å². The molecule has 0 aliphatic carbocycles. The van der Waals surface area contributed by atoms with Crippen molar-refractivity contribution < 1.29 is 13.9 Å². The molecule has 1 aliphatic rings. The van der Waals surface area contributed by atoms with Crippen LogP contribution in [0.3, 0.4) is 0 Å². The van der Waals surface area contributed by atoms with Crippen LogP contribution in [0.2, 0.25) is 0 Å². The highest BCUT2D eigenvalue weighted by Gasteiger charge is 2.37. The van der Waals surface area contributed by atoms with E-state index in [2.05, 4.69) is 9.97 Å². The standard InChI is InChI=1S/C19H22FN3O2/c1-2-25-18-7-9-23(17(18)10-14-4-3-8-21-12-14)19(24)11-16-6-5-15(20)13-22-16/h3-6,8,12-13,17-18H,2,7,9-11H2,1H3/t17-,18-/m0/s1. The summed E-state index contributed by atoms with van der Waals surface area (Å²) in [7, 11) is 0. The van der Waals surface area contributed by atoms with Crippen LogP contribution in [-0.4, -0.2) is 46.1 Å². The lowest BCUT2D eigenvalue weighted by Gasteiger charge is -2.28. The van der Waals surface area contributed by atoms with Crippen molar-refractivity contribution in [2.45, 2.75) is 38.3 Å². The number of hydrogen-bond donors (Lipinski definition) is 0. The van der Waals surface area contributed by atoms with Crippen LogP contribution in [0.25, 0.3) is 0 Å². The van der Waals surface area contributed by atoms with Gasteiger partial charge in [-0.1, -0.05) is 6.07 Å². The Hall–Kier alpha value is -2.34. The summed E-state index contributed by atoms with van der Waals surface area (Å²) in [6, 6.07) is 6.78. The van der Waals surface area contributed by atoms with Crippen molar-refractivity contribution in [1.29, 1.82) is 0 Å². The van der Waals surface area contributed by atoms with E-state index in [0.717, 1.165) is 18.2 Å². The zero-order valence-electron chi connectivity index (χ0n) is 14.3. The summed E-state index contributed by atoms with van der Waals surface area (Å²) in [5, 5.41) is 0. The lowest BCUT2D eigenvalue weighted by Crippen LogP contribution is -2.42. The van der Waals surface area contributed by atoms with Gasteiger partial charge in [-0.2, -0.15) is 0 Å². The van der Waals surface area contributed by atoms with Gasteiger partial charge in [0.25, 0.3) is 0 Å². The first-order valence-electron chi connectivity index (χ1n) is 8.57. The fourth-order valence-electron chi connectivity index (χ4n) is 3.31.